The molecule has 0 radical (unpaired) electrons. The third kappa shape index (κ3) is 2.40. The maximum Gasteiger partial charge on any atom is 0.251 e. The third-order valence-electron chi connectivity index (χ3n) is 5.16. The Balaban J connectivity index is 1.56. The van der Waals surface area contributed by atoms with Crippen LogP contribution in [0.3, 0.4) is 0 Å². The minimum absolute atomic E-state index is 0.0319. The molecule has 1 heterocycles. The minimum Gasteiger partial charge on any atom is -0.349 e. The van der Waals surface area contributed by atoms with E-state index in [0.717, 1.165) is 55.5 Å². The van der Waals surface area contributed by atoms with E-state index in [4.69, 9.17) is 0 Å². The molecule has 2 aliphatic carbocycles. The van der Waals surface area contributed by atoms with E-state index in [0.29, 0.717) is 6.04 Å². The summed E-state index contributed by atoms with van der Waals surface area (Å²) in [5, 5.41) is 3.16. The lowest BCUT2D eigenvalue weighted by molar-refractivity contribution is -0.119. The van der Waals surface area contributed by atoms with Crippen molar-refractivity contribution in [3.63, 3.8) is 0 Å². The second-order valence-corrected chi connectivity index (χ2v) is 6.77. The van der Waals surface area contributed by atoms with Gasteiger partial charge in [-0.3, -0.25) is 9.59 Å². The molecule has 1 aliphatic heterocycles. The zero-order valence-corrected chi connectivity index (χ0v) is 12.8. The van der Waals surface area contributed by atoms with Gasteiger partial charge >= 0.3 is 0 Å². The van der Waals surface area contributed by atoms with Crippen LogP contribution in [0.25, 0.3) is 0 Å². The zero-order valence-electron chi connectivity index (χ0n) is 12.8. The number of carbonyl (C=O) groups is 2. The lowest BCUT2D eigenvalue weighted by Gasteiger charge is -2.18. The SMILES string of the molecule is O=C(NC1CCCC1)c1cccc2c1CCN2C(=O)C1CC1. The van der Waals surface area contributed by atoms with Crippen molar-refractivity contribution >= 4 is 17.5 Å². The van der Waals surface area contributed by atoms with Crippen LogP contribution in [-0.2, 0) is 11.2 Å². The fourth-order valence-corrected chi connectivity index (χ4v) is 3.76. The average molecular weight is 298 g/mol. The molecule has 22 heavy (non-hydrogen) atoms. The molecular weight excluding hydrogens is 276 g/mol. The van der Waals surface area contributed by atoms with Gasteiger partial charge < -0.3 is 10.2 Å². The number of hydrogen-bond donors (Lipinski definition) is 1. The molecule has 4 heteroatoms. The van der Waals surface area contributed by atoms with E-state index < -0.39 is 0 Å². The predicted octanol–water partition coefficient (Wildman–Crippen LogP) is 2.66. The number of hydrogen-bond acceptors (Lipinski definition) is 2. The highest BCUT2D eigenvalue weighted by Crippen LogP contribution is 2.37. The van der Waals surface area contributed by atoms with Crippen LogP contribution < -0.4 is 10.2 Å². The molecule has 3 aliphatic rings. The standard InChI is InChI=1S/C18H22N2O2/c21-17(19-13-4-1-2-5-13)15-6-3-7-16-14(15)10-11-20(16)18(22)12-8-9-12/h3,6-7,12-13H,1-2,4-5,8-11H2,(H,19,21). The zero-order chi connectivity index (χ0) is 15.1. The van der Waals surface area contributed by atoms with Gasteiger partial charge in [-0.15, -0.1) is 0 Å². The Bertz CT molecular complexity index is 616. The minimum atomic E-state index is 0.0319. The first kappa shape index (κ1) is 13.8. The largest absolute Gasteiger partial charge is 0.349 e. The fourth-order valence-electron chi connectivity index (χ4n) is 3.76. The third-order valence-corrected chi connectivity index (χ3v) is 5.16. The number of nitrogens with zero attached hydrogens (tertiary/aromatic N) is 1. The first-order valence-corrected chi connectivity index (χ1v) is 8.48. The summed E-state index contributed by atoms with van der Waals surface area (Å²) in [6.07, 6.45) is 7.43. The summed E-state index contributed by atoms with van der Waals surface area (Å²) in [6, 6.07) is 6.11. The summed E-state index contributed by atoms with van der Waals surface area (Å²) in [5.74, 6) is 0.499. The summed E-state index contributed by atoms with van der Waals surface area (Å²) < 4.78 is 0. The van der Waals surface area contributed by atoms with Crippen molar-refractivity contribution in [3.8, 4) is 0 Å². The number of anilines is 1. The molecule has 0 spiro atoms. The summed E-state index contributed by atoms with van der Waals surface area (Å²) in [5.41, 5.74) is 2.76. The Labute approximate surface area is 130 Å². The topological polar surface area (TPSA) is 49.4 Å². The molecule has 1 N–H and O–H groups in total. The monoisotopic (exact) mass is 298 g/mol. The lowest BCUT2D eigenvalue weighted by atomic mass is 10.0. The molecular formula is C18H22N2O2. The molecule has 116 valence electrons. The van der Waals surface area contributed by atoms with E-state index in [1.807, 2.05) is 23.1 Å². The first-order chi connectivity index (χ1) is 10.7. The molecule has 2 saturated carbocycles. The van der Waals surface area contributed by atoms with Crippen LogP contribution in [-0.4, -0.2) is 24.4 Å². The fraction of sp³-hybridized carbons (Fsp3) is 0.556. The van der Waals surface area contributed by atoms with Crippen molar-refractivity contribution in [2.45, 2.75) is 51.0 Å². The van der Waals surface area contributed by atoms with Gasteiger partial charge in [-0.25, -0.2) is 0 Å². The summed E-state index contributed by atoms with van der Waals surface area (Å²) in [7, 11) is 0. The van der Waals surface area contributed by atoms with E-state index in [-0.39, 0.29) is 17.7 Å². The van der Waals surface area contributed by atoms with Crippen molar-refractivity contribution < 1.29 is 9.59 Å². The van der Waals surface area contributed by atoms with Crippen molar-refractivity contribution in [1.29, 1.82) is 0 Å². The predicted molar refractivity (Wildman–Crippen MR) is 84.9 cm³/mol. The van der Waals surface area contributed by atoms with Gasteiger partial charge in [-0.1, -0.05) is 18.9 Å². The van der Waals surface area contributed by atoms with E-state index in [2.05, 4.69) is 5.32 Å². The van der Waals surface area contributed by atoms with E-state index >= 15 is 0 Å². The van der Waals surface area contributed by atoms with Gasteiger partial charge in [-0.2, -0.15) is 0 Å². The van der Waals surface area contributed by atoms with E-state index in [1.165, 1.54) is 12.8 Å². The number of nitrogens with one attached hydrogen (secondary N) is 1. The van der Waals surface area contributed by atoms with Crippen molar-refractivity contribution in [1.82, 2.24) is 5.32 Å². The number of benzene rings is 1. The van der Waals surface area contributed by atoms with Crippen molar-refractivity contribution in [2.75, 3.05) is 11.4 Å². The normalized spacial score (nSPS) is 21.0. The molecule has 1 aromatic carbocycles. The number of carbonyl (C=O) groups excluding carboxylic acids is 2. The van der Waals surface area contributed by atoms with Crippen LogP contribution in [0.5, 0.6) is 0 Å². The Morgan fingerprint density at radius 2 is 1.86 bits per heavy atom. The maximum absolute atomic E-state index is 12.6. The molecule has 0 aromatic heterocycles. The van der Waals surface area contributed by atoms with Gasteiger partial charge in [-0.05, 0) is 49.8 Å². The molecule has 1 aromatic rings. The highest BCUT2D eigenvalue weighted by atomic mass is 16.2. The number of fused-ring (bicyclic) bond motifs is 1. The van der Waals surface area contributed by atoms with Gasteiger partial charge in [0.15, 0.2) is 0 Å². The van der Waals surface area contributed by atoms with Crippen LogP contribution in [0.15, 0.2) is 18.2 Å². The highest BCUT2D eigenvalue weighted by molar-refractivity contribution is 6.02. The maximum atomic E-state index is 12.6. The number of amides is 2. The van der Waals surface area contributed by atoms with Crippen LogP contribution in [0, 0.1) is 5.92 Å². The van der Waals surface area contributed by atoms with Gasteiger partial charge in [0.05, 0.1) is 0 Å². The molecule has 0 atom stereocenters. The molecule has 4 nitrogen and oxygen atoms in total. The smallest absolute Gasteiger partial charge is 0.251 e. The Kier molecular flexibility index (Phi) is 3.40. The van der Waals surface area contributed by atoms with Crippen LogP contribution in [0.4, 0.5) is 5.69 Å². The first-order valence-electron chi connectivity index (χ1n) is 8.48. The average Bonchev–Trinajstić information content (AvgIpc) is 3.08. The van der Waals surface area contributed by atoms with Gasteiger partial charge in [0.2, 0.25) is 5.91 Å². The molecule has 2 fully saturated rings. The second kappa shape index (κ2) is 5.41. The molecule has 2 amide bonds. The van der Waals surface area contributed by atoms with Gasteiger partial charge in [0, 0.05) is 29.8 Å². The Hall–Kier alpha value is -1.84. The Morgan fingerprint density at radius 3 is 2.59 bits per heavy atom. The van der Waals surface area contributed by atoms with Gasteiger partial charge in [0.25, 0.3) is 5.91 Å². The van der Waals surface area contributed by atoms with Crippen LogP contribution in [0.2, 0.25) is 0 Å². The molecule has 0 bridgehead atoms. The van der Waals surface area contributed by atoms with Crippen LogP contribution in [0.1, 0.15) is 54.4 Å². The quantitative estimate of drug-likeness (QED) is 0.932. The number of rotatable bonds is 3. The van der Waals surface area contributed by atoms with Crippen molar-refractivity contribution in [2.24, 2.45) is 5.92 Å². The molecule has 4 rings (SSSR count). The Morgan fingerprint density at radius 1 is 1.09 bits per heavy atom. The van der Waals surface area contributed by atoms with Gasteiger partial charge in [0.1, 0.15) is 0 Å². The summed E-state index contributed by atoms with van der Waals surface area (Å²) in [4.78, 5) is 26.8. The summed E-state index contributed by atoms with van der Waals surface area (Å²) in [6.45, 7) is 0.721. The molecule has 0 saturated heterocycles. The lowest BCUT2D eigenvalue weighted by Crippen LogP contribution is -2.33. The molecule has 0 unspecified atom stereocenters. The van der Waals surface area contributed by atoms with Crippen LogP contribution >= 0.6 is 0 Å². The van der Waals surface area contributed by atoms with E-state index in [1.54, 1.807) is 0 Å². The van der Waals surface area contributed by atoms with E-state index in [9.17, 15) is 9.59 Å². The highest BCUT2D eigenvalue weighted by Gasteiger charge is 2.37. The second-order valence-electron chi connectivity index (χ2n) is 6.77. The summed E-state index contributed by atoms with van der Waals surface area (Å²) >= 11 is 0. The van der Waals surface area contributed by atoms with Crippen molar-refractivity contribution in [3.05, 3.63) is 29.3 Å².